The van der Waals surface area contributed by atoms with E-state index in [9.17, 15) is 14.7 Å². The average Bonchev–Trinajstić information content (AvgIpc) is 3.18. The van der Waals surface area contributed by atoms with E-state index in [1.807, 2.05) is 0 Å². The maximum absolute atomic E-state index is 12.7. The maximum atomic E-state index is 12.7. The van der Waals surface area contributed by atoms with Crippen LogP contribution in [0.1, 0.15) is 39.0 Å². The van der Waals surface area contributed by atoms with E-state index in [2.05, 4.69) is 4.90 Å². The smallest absolute Gasteiger partial charge is 0.245 e. The molecule has 0 aliphatic carbocycles. The van der Waals surface area contributed by atoms with E-state index in [4.69, 9.17) is 0 Å². The van der Waals surface area contributed by atoms with Gasteiger partial charge in [-0.1, -0.05) is 0 Å². The van der Waals surface area contributed by atoms with Crippen molar-refractivity contribution in [2.75, 3.05) is 39.3 Å². The van der Waals surface area contributed by atoms with Crippen LogP contribution >= 0.6 is 0 Å². The predicted molar refractivity (Wildman–Crippen MR) is 82.2 cm³/mol. The summed E-state index contributed by atoms with van der Waals surface area (Å²) in [5, 5.41) is 10.8. The van der Waals surface area contributed by atoms with Gasteiger partial charge in [0.25, 0.3) is 0 Å². The Kier molecular flexibility index (Phi) is 4.41. The molecule has 3 aliphatic heterocycles. The lowest BCUT2D eigenvalue weighted by atomic mass is 10.0. The Morgan fingerprint density at radius 2 is 1.86 bits per heavy atom. The molecule has 0 aromatic carbocycles. The van der Waals surface area contributed by atoms with Crippen LogP contribution in [-0.4, -0.2) is 82.5 Å². The van der Waals surface area contributed by atoms with Crippen molar-refractivity contribution in [1.82, 2.24) is 14.7 Å². The fourth-order valence-corrected chi connectivity index (χ4v) is 4.14. The van der Waals surface area contributed by atoms with Gasteiger partial charge in [-0.05, 0) is 45.2 Å². The van der Waals surface area contributed by atoms with Crippen molar-refractivity contribution in [1.29, 1.82) is 0 Å². The molecule has 0 bridgehead atoms. The first-order chi connectivity index (χ1) is 10.5. The summed E-state index contributed by atoms with van der Waals surface area (Å²) in [5.41, 5.74) is -0.778. The van der Waals surface area contributed by atoms with Gasteiger partial charge in [0.1, 0.15) is 6.04 Å². The number of hydrogen-bond donors (Lipinski definition) is 1. The van der Waals surface area contributed by atoms with Crippen molar-refractivity contribution in [3.8, 4) is 0 Å². The molecule has 3 heterocycles. The summed E-state index contributed by atoms with van der Waals surface area (Å²) in [4.78, 5) is 30.1. The van der Waals surface area contributed by atoms with Gasteiger partial charge in [0.05, 0.1) is 12.1 Å². The second kappa shape index (κ2) is 6.16. The summed E-state index contributed by atoms with van der Waals surface area (Å²) in [6.07, 6.45) is 4.69. The van der Waals surface area contributed by atoms with Crippen molar-refractivity contribution in [3.63, 3.8) is 0 Å². The van der Waals surface area contributed by atoms with Gasteiger partial charge < -0.3 is 19.8 Å². The molecule has 0 saturated carbocycles. The molecule has 3 fully saturated rings. The third kappa shape index (κ3) is 3.13. The summed E-state index contributed by atoms with van der Waals surface area (Å²) >= 11 is 0. The molecule has 6 heteroatoms. The Morgan fingerprint density at radius 1 is 1.14 bits per heavy atom. The molecule has 3 aliphatic rings. The van der Waals surface area contributed by atoms with Crippen LogP contribution in [-0.2, 0) is 9.59 Å². The summed E-state index contributed by atoms with van der Waals surface area (Å²) in [7, 11) is 0. The number of hydrogen-bond acceptors (Lipinski definition) is 4. The standard InChI is InChI=1S/C16H27N3O3/c1-13(20)19-9-4-5-14(19)15(21)18-10-6-16(22,12-18)11-17-7-2-3-8-17/h14,22H,2-12H2,1H3/t14-,16+/m0/s1. The zero-order valence-electron chi connectivity index (χ0n) is 13.5. The minimum atomic E-state index is -0.778. The molecular formula is C16H27N3O3. The number of carbonyl (C=O) groups excluding carboxylic acids is 2. The third-order valence-electron chi connectivity index (χ3n) is 5.30. The normalized spacial score (nSPS) is 32.9. The summed E-state index contributed by atoms with van der Waals surface area (Å²) in [6.45, 7) is 5.98. The molecule has 3 saturated heterocycles. The molecule has 2 atom stereocenters. The number of carbonyl (C=O) groups is 2. The van der Waals surface area contributed by atoms with Crippen LogP contribution in [0.15, 0.2) is 0 Å². The Morgan fingerprint density at radius 3 is 2.55 bits per heavy atom. The molecule has 1 N–H and O–H groups in total. The molecule has 2 amide bonds. The van der Waals surface area contributed by atoms with E-state index in [0.29, 0.717) is 32.6 Å². The van der Waals surface area contributed by atoms with E-state index in [1.165, 1.54) is 19.8 Å². The lowest BCUT2D eigenvalue weighted by Gasteiger charge is -2.30. The van der Waals surface area contributed by atoms with Gasteiger partial charge in [-0.25, -0.2) is 0 Å². The number of likely N-dealkylation sites (tertiary alicyclic amines) is 3. The van der Waals surface area contributed by atoms with Crippen LogP contribution in [0.4, 0.5) is 0 Å². The first-order valence-electron chi connectivity index (χ1n) is 8.49. The van der Waals surface area contributed by atoms with Crippen molar-refractivity contribution < 1.29 is 14.7 Å². The zero-order chi connectivity index (χ0) is 15.7. The Bertz CT molecular complexity index is 450. The Labute approximate surface area is 132 Å². The Balaban J connectivity index is 1.59. The molecule has 124 valence electrons. The Hall–Kier alpha value is -1.14. The molecule has 22 heavy (non-hydrogen) atoms. The fraction of sp³-hybridized carbons (Fsp3) is 0.875. The highest BCUT2D eigenvalue weighted by Crippen LogP contribution is 2.27. The number of nitrogens with zero attached hydrogens (tertiary/aromatic N) is 3. The molecule has 6 nitrogen and oxygen atoms in total. The largest absolute Gasteiger partial charge is 0.387 e. The molecule has 0 unspecified atom stereocenters. The van der Waals surface area contributed by atoms with E-state index in [-0.39, 0.29) is 17.9 Å². The highest BCUT2D eigenvalue weighted by Gasteiger charge is 2.43. The first-order valence-corrected chi connectivity index (χ1v) is 8.49. The van der Waals surface area contributed by atoms with Crippen LogP contribution in [0.3, 0.4) is 0 Å². The third-order valence-corrected chi connectivity index (χ3v) is 5.30. The van der Waals surface area contributed by atoms with Gasteiger partial charge in [0.15, 0.2) is 0 Å². The van der Waals surface area contributed by atoms with Crippen molar-refractivity contribution >= 4 is 11.8 Å². The SMILES string of the molecule is CC(=O)N1CCC[C@H]1C(=O)N1CC[C@@](O)(CN2CCCC2)C1. The van der Waals surface area contributed by atoms with Crippen LogP contribution in [0.5, 0.6) is 0 Å². The van der Waals surface area contributed by atoms with E-state index in [1.54, 1.807) is 9.80 Å². The first kappa shape index (κ1) is 15.7. The van der Waals surface area contributed by atoms with Crippen LogP contribution < -0.4 is 0 Å². The molecule has 0 aromatic heterocycles. The average molecular weight is 309 g/mol. The molecule has 0 radical (unpaired) electrons. The number of aliphatic hydroxyl groups is 1. The number of amides is 2. The quantitative estimate of drug-likeness (QED) is 0.800. The summed E-state index contributed by atoms with van der Waals surface area (Å²) < 4.78 is 0. The van der Waals surface area contributed by atoms with E-state index < -0.39 is 5.60 Å². The van der Waals surface area contributed by atoms with Gasteiger partial charge in [0.2, 0.25) is 11.8 Å². The van der Waals surface area contributed by atoms with Crippen molar-refractivity contribution in [3.05, 3.63) is 0 Å². The monoisotopic (exact) mass is 309 g/mol. The fourth-order valence-electron chi connectivity index (χ4n) is 4.14. The lowest BCUT2D eigenvalue weighted by Crippen LogP contribution is -2.49. The second-order valence-corrected chi connectivity index (χ2v) is 7.09. The molecule has 3 rings (SSSR count). The zero-order valence-corrected chi connectivity index (χ0v) is 13.5. The number of β-amino-alcohol motifs (C(OH)–C–C–N with tert-alkyl or cyclic N) is 1. The lowest BCUT2D eigenvalue weighted by molar-refractivity contribution is -0.142. The molecule has 0 aromatic rings. The van der Waals surface area contributed by atoms with Crippen molar-refractivity contribution in [2.24, 2.45) is 0 Å². The van der Waals surface area contributed by atoms with Crippen molar-refractivity contribution in [2.45, 2.75) is 50.7 Å². The minimum absolute atomic E-state index is 0.0186. The van der Waals surface area contributed by atoms with Gasteiger partial charge in [0, 0.05) is 26.6 Å². The van der Waals surface area contributed by atoms with Crippen LogP contribution in [0.25, 0.3) is 0 Å². The minimum Gasteiger partial charge on any atom is -0.387 e. The van der Waals surface area contributed by atoms with E-state index in [0.717, 1.165) is 25.9 Å². The van der Waals surface area contributed by atoms with Gasteiger partial charge >= 0.3 is 0 Å². The molecular weight excluding hydrogens is 282 g/mol. The maximum Gasteiger partial charge on any atom is 0.245 e. The second-order valence-electron chi connectivity index (χ2n) is 7.09. The van der Waals surface area contributed by atoms with Gasteiger partial charge in [-0.2, -0.15) is 0 Å². The summed E-state index contributed by atoms with van der Waals surface area (Å²) in [6, 6.07) is -0.313. The highest BCUT2D eigenvalue weighted by atomic mass is 16.3. The highest BCUT2D eigenvalue weighted by molar-refractivity contribution is 5.87. The van der Waals surface area contributed by atoms with Crippen LogP contribution in [0.2, 0.25) is 0 Å². The number of rotatable bonds is 3. The van der Waals surface area contributed by atoms with Gasteiger partial charge in [-0.15, -0.1) is 0 Å². The van der Waals surface area contributed by atoms with E-state index >= 15 is 0 Å². The molecule has 0 spiro atoms. The topological polar surface area (TPSA) is 64.1 Å². The summed E-state index contributed by atoms with van der Waals surface area (Å²) in [5.74, 6) is -0.00702. The van der Waals surface area contributed by atoms with Crippen LogP contribution in [0, 0.1) is 0 Å². The predicted octanol–water partition coefficient (Wildman–Crippen LogP) is 0.0565. The van der Waals surface area contributed by atoms with Gasteiger partial charge in [-0.3, -0.25) is 9.59 Å².